The molecule has 0 saturated heterocycles. The summed E-state index contributed by atoms with van der Waals surface area (Å²) in [6, 6.07) is 9.53. The Morgan fingerprint density at radius 1 is 1.31 bits per heavy atom. The molecular weight excluding hydrogens is 204 g/mol. The van der Waals surface area contributed by atoms with Gasteiger partial charge in [-0.3, -0.25) is 4.79 Å². The van der Waals surface area contributed by atoms with E-state index < -0.39 is 5.91 Å². The van der Waals surface area contributed by atoms with Crippen molar-refractivity contribution in [3.63, 3.8) is 0 Å². The number of nitrogens with zero attached hydrogens (tertiary/aromatic N) is 1. The van der Waals surface area contributed by atoms with Gasteiger partial charge in [-0.1, -0.05) is 35.5 Å². The molecule has 4 heteroatoms. The first-order valence-corrected chi connectivity index (χ1v) is 4.75. The van der Waals surface area contributed by atoms with Gasteiger partial charge in [0.05, 0.1) is 6.20 Å². The SMILES string of the molecule is NC(=O)C=Cc1cnoc1-c1ccccc1. The molecule has 1 amide bonds. The van der Waals surface area contributed by atoms with Crippen LogP contribution in [0.4, 0.5) is 0 Å². The van der Waals surface area contributed by atoms with E-state index in [1.807, 2.05) is 30.3 Å². The average Bonchev–Trinajstić information content (AvgIpc) is 2.75. The van der Waals surface area contributed by atoms with E-state index >= 15 is 0 Å². The van der Waals surface area contributed by atoms with E-state index in [9.17, 15) is 4.79 Å². The second-order valence-corrected chi connectivity index (χ2v) is 3.21. The number of carbonyl (C=O) groups is 1. The number of carbonyl (C=O) groups excluding carboxylic acids is 1. The van der Waals surface area contributed by atoms with Crippen molar-refractivity contribution in [1.82, 2.24) is 5.16 Å². The predicted molar refractivity (Wildman–Crippen MR) is 60.2 cm³/mol. The molecule has 0 aliphatic heterocycles. The van der Waals surface area contributed by atoms with Gasteiger partial charge >= 0.3 is 0 Å². The van der Waals surface area contributed by atoms with Crippen LogP contribution in [0.5, 0.6) is 0 Å². The van der Waals surface area contributed by atoms with E-state index in [-0.39, 0.29) is 0 Å². The first kappa shape index (κ1) is 10.2. The fourth-order valence-electron chi connectivity index (χ4n) is 1.35. The van der Waals surface area contributed by atoms with Crippen LogP contribution in [0, 0.1) is 0 Å². The number of amides is 1. The molecule has 1 heterocycles. The minimum absolute atomic E-state index is 0.500. The Labute approximate surface area is 92.4 Å². The molecular formula is C12H10N2O2. The molecule has 2 rings (SSSR count). The van der Waals surface area contributed by atoms with Gasteiger partial charge in [0.25, 0.3) is 0 Å². The van der Waals surface area contributed by atoms with Crippen LogP contribution in [0.3, 0.4) is 0 Å². The van der Waals surface area contributed by atoms with E-state index in [0.29, 0.717) is 5.76 Å². The minimum Gasteiger partial charge on any atom is -0.366 e. The highest BCUT2D eigenvalue weighted by atomic mass is 16.5. The van der Waals surface area contributed by atoms with Crippen molar-refractivity contribution in [2.45, 2.75) is 0 Å². The van der Waals surface area contributed by atoms with Gasteiger partial charge < -0.3 is 10.3 Å². The highest BCUT2D eigenvalue weighted by Crippen LogP contribution is 2.23. The second kappa shape index (κ2) is 4.44. The van der Waals surface area contributed by atoms with Crippen molar-refractivity contribution in [1.29, 1.82) is 0 Å². The molecule has 0 radical (unpaired) electrons. The molecule has 2 aromatic rings. The third kappa shape index (κ3) is 2.17. The summed E-state index contributed by atoms with van der Waals surface area (Å²) < 4.78 is 5.13. The normalized spacial score (nSPS) is 10.8. The van der Waals surface area contributed by atoms with Crippen molar-refractivity contribution in [2.75, 3.05) is 0 Å². The number of hydrogen-bond donors (Lipinski definition) is 1. The summed E-state index contributed by atoms with van der Waals surface area (Å²) in [5.74, 6) is 0.123. The molecule has 0 unspecified atom stereocenters. The Balaban J connectivity index is 2.37. The molecule has 0 spiro atoms. The van der Waals surface area contributed by atoms with Gasteiger partial charge in [0.1, 0.15) is 0 Å². The van der Waals surface area contributed by atoms with Gasteiger partial charge in [-0.2, -0.15) is 0 Å². The van der Waals surface area contributed by atoms with E-state index in [1.54, 1.807) is 12.3 Å². The van der Waals surface area contributed by atoms with Crippen molar-refractivity contribution < 1.29 is 9.32 Å². The molecule has 0 atom stereocenters. The Morgan fingerprint density at radius 2 is 2.06 bits per heavy atom. The van der Waals surface area contributed by atoms with Gasteiger partial charge in [-0.05, 0) is 6.08 Å². The van der Waals surface area contributed by atoms with Gasteiger partial charge in [-0.25, -0.2) is 0 Å². The van der Waals surface area contributed by atoms with Crippen LogP contribution in [0.15, 0.2) is 47.1 Å². The lowest BCUT2D eigenvalue weighted by atomic mass is 10.1. The van der Waals surface area contributed by atoms with Crippen molar-refractivity contribution in [3.8, 4) is 11.3 Å². The van der Waals surface area contributed by atoms with E-state index in [0.717, 1.165) is 11.1 Å². The molecule has 0 aliphatic rings. The number of rotatable bonds is 3. The fraction of sp³-hybridized carbons (Fsp3) is 0. The van der Waals surface area contributed by atoms with E-state index in [1.165, 1.54) is 6.08 Å². The second-order valence-electron chi connectivity index (χ2n) is 3.21. The summed E-state index contributed by atoms with van der Waals surface area (Å²) in [7, 11) is 0. The van der Waals surface area contributed by atoms with Gasteiger partial charge in [0.15, 0.2) is 5.76 Å². The molecule has 0 aliphatic carbocycles. The molecule has 4 nitrogen and oxygen atoms in total. The van der Waals surface area contributed by atoms with Crippen LogP contribution in [0.25, 0.3) is 17.4 Å². The van der Waals surface area contributed by atoms with E-state index in [4.69, 9.17) is 10.3 Å². The first-order valence-electron chi connectivity index (χ1n) is 4.75. The van der Waals surface area contributed by atoms with Gasteiger partial charge in [0, 0.05) is 17.2 Å². The maximum Gasteiger partial charge on any atom is 0.241 e. The number of aromatic nitrogens is 1. The number of primary amides is 1. The topological polar surface area (TPSA) is 69.1 Å². The smallest absolute Gasteiger partial charge is 0.241 e. The van der Waals surface area contributed by atoms with Gasteiger partial charge in [0.2, 0.25) is 5.91 Å². The fourth-order valence-corrected chi connectivity index (χ4v) is 1.35. The van der Waals surface area contributed by atoms with Crippen LogP contribution in [-0.4, -0.2) is 11.1 Å². The third-order valence-electron chi connectivity index (χ3n) is 2.06. The maximum absolute atomic E-state index is 10.6. The standard InChI is InChI=1S/C12H10N2O2/c13-11(15)7-6-10-8-14-16-12(10)9-4-2-1-3-5-9/h1-8H,(H2,13,15). The number of nitrogens with two attached hydrogens (primary N) is 1. The molecule has 2 N–H and O–H groups in total. The van der Waals surface area contributed by atoms with E-state index in [2.05, 4.69) is 5.16 Å². The summed E-state index contributed by atoms with van der Waals surface area (Å²) in [6.07, 6.45) is 4.40. The Bertz CT molecular complexity index is 515. The highest BCUT2D eigenvalue weighted by molar-refractivity contribution is 5.91. The third-order valence-corrected chi connectivity index (χ3v) is 2.06. The molecule has 0 fully saturated rings. The van der Waals surface area contributed by atoms with Crippen LogP contribution >= 0.6 is 0 Å². The monoisotopic (exact) mass is 214 g/mol. The lowest BCUT2D eigenvalue weighted by molar-refractivity contribution is -0.113. The van der Waals surface area contributed by atoms with Crippen LogP contribution in [0.2, 0.25) is 0 Å². The molecule has 1 aromatic heterocycles. The quantitative estimate of drug-likeness (QED) is 0.792. The molecule has 1 aromatic carbocycles. The summed E-state index contributed by atoms with van der Waals surface area (Å²) in [6.45, 7) is 0. The average molecular weight is 214 g/mol. The molecule has 0 bridgehead atoms. The Hall–Kier alpha value is -2.36. The summed E-state index contributed by atoms with van der Waals surface area (Å²) in [4.78, 5) is 10.6. The van der Waals surface area contributed by atoms with Crippen molar-refractivity contribution >= 4 is 12.0 Å². The van der Waals surface area contributed by atoms with Crippen LogP contribution in [0.1, 0.15) is 5.56 Å². The highest BCUT2D eigenvalue weighted by Gasteiger charge is 2.07. The maximum atomic E-state index is 10.6. The first-order chi connectivity index (χ1) is 7.77. The summed E-state index contributed by atoms with van der Waals surface area (Å²) in [5.41, 5.74) is 6.65. The zero-order chi connectivity index (χ0) is 11.4. The molecule has 0 saturated carbocycles. The zero-order valence-electron chi connectivity index (χ0n) is 8.46. The largest absolute Gasteiger partial charge is 0.366 e. The molecule has 16 heavy (non-hydrogen) atoms. The summed E-state index contributed by atoms with van der Waals surface area (Å²) >= 11 is 0. The zero-order valence-corrected chi connectivity index (χ0v) is 8.46. The lowest BCUT2D eigenvalue weighted by Crippen LogP contribution is -2.05. The number of benzene rings is 1. The number of hydrogen-bond acceptors (Lipinski definition) is 3. The molecule has 80 valence electrons. The minimum atomic E-state index is -0.500. The van der Waals surface area contributed by atoms with Crippen LogP contribution < -0.4 is 5.73 Å². The van der Waals surface area contributed by atoms with Crippen molar-refractivity contribution in [3.05, 3.63) is 48.2 Å². The summed E-state index contributed by atoms with van der Waals surface area (Å²) in [5, 5.41) is 3.70. The lowest BCUT2D eigenvalue weighted by Gasteiger charge is -1.95. The van der Waals surface area contributed by atoms with Crippen molar-refractivity contribution in [2.24, 2.45) is 5.73 Å². The van der Waals surface area contributed by atoms with Gasteiger partial charge in [-0.15, -0.1) is 0 Å². The predicted octanol–water partition coefficient (Wildman–Crippen LogP) is 1.84. The van der Waals surface area contributed by atoms with Crippen LogP contribution in [-0.2, 0) is 4.79 Å². The Kier molecular flexibility index (Phi) is 2.82. The Morgan fingerprint density at radius 3 is 2.75 bits per heavy atom.